The maximum Gasteiger partial charge on any atom is 0.254 e. The first-order valence-corrected chi connectivity index (χ1v) is 7.49. The molecule has 3 N–H and O–H groups in total. The van der Waals surface area contributed by atoms with Crippen molar-refractivity contribution in [1.82, 2.24) is 4.90 Å². The van der Waals surface area contributed by atoms with E-state index in [4.69, 9.17) is 10.5 Å². The molecule has 0 bridgehead atoms. The first kappa shape index (κ1) is 19.4. The third-order valence-electron chi connectivity index (χ3n) is 3.90. The molecule has 1 saturated heterocycles. The lowest BCUT2D eigenvalue weighted by Gasteiger charge is -2.19. The highest BCUT2D eigenvalue weighted by atomic mass is 35.5. The normalized spacial score (nSPS) is 15.0. The average Bonchev–Trinajstić information content (AvgIpc) is 3.03. The zero-order chi connectivity index (χ0) is 16.1. The Balaban J connectivity index is 0.00000264. The van der Waals surface area contributed by atoms with Crippen molar-refractivity contribution in [1.29, 1.82) is 0 Å². The fourth-order valence-electron chi connectivity index (χ4n) is 2.57. The van der Waals surface area contributed by atoms with Crippen molar-refractivity contribution in [2.75, 3.05) is 32.1 Å². The summed E-state index contributed by atoms with van der Waals surface area (Å²) in [7, 11) is 1.49. The smallest absolute Gasteiger partial charge is 0.254 e. The van der Waals surface area contributed by atoms with Crippen LogP contribution in [-0.2, 0) is 9.53 Å². The summed E-state index contributed by atoms with van der Waals surface area (Å²) in [6.45, 7) is 3.58. The number of anilines is 1. The summed E-state index contributed by atoms with van der Waals surface area (Å²) in [5, 5.41) is 2.77. The molecule has 0 aromatic heterocycles. The Kier molecular flexibility index (Phi) is 7.48. The fraction of sp³-hybridized carbons (Fsp3) is 0.500. The minimum atomic E-state index is -0.734. The maximum atomic E-state index is 12.5. The fourth-order valence-corrected chi connectivity index (χ4v) is 2.57. The van der Waals surface area contributed by atoms with Crippen molar-refractivity contribution < 1.29 is 14.3 Å². The number of nitrogens with two attached hydrogens (primary N) is 1. The quantitative estimate of drug-likeness (QED) is 0.851. The Hall–Kier alpha value is -1.63. The molecular formula is C16H24ClN3O3. The van der Waals surface area contributed by atoms with Crippen LogP contribution in [0.2, 0.25) is 0 Å². The number of carbonyl (C=O) groups excluding carboxylic acids is 2. The van der Waals surface area contributed by atoms with E-state index in [-0.39, 0.29) is 30.8 Å². The number of amides is 2. The summed E-state index contributed by atoms with van der Waals surface area (Å²) < 4.78 is 4.88. The summed E-state index contributed by atoms with van der Waals surface area (Å²) in [4.78, 5) is 26.3. The van der Waals surface area contributed by atoms with Gasteiger partial charge in [0.25, 0.3) is 5.91 Å². The Morgan fingerprint density at radius 2 is 2.00 bits per heavy atom. The maximum absolute atomic E-state index is 12.5. The Bertz CT molecular complexity index is 560. The van der Waals surface area contributed by atoms with E-state index in [1.54, 1.807) is 18.2 Å². The van der Waals surface area contributed by atoms with Crippen molar-refractivity contribution in [3.63, 3.8) is 0 Å². The van der Waals surface area contributed by atoms with Gasteiger partial charge < -0.3 is 20.7 Å². The lowest BCUT2D eigenvalue weighted by atomic mass is 10.1. The number of rotatable bonds is 5. The van der Waals surface area contributed by atoms with Gasteiger partial charge in [0, 0.05) is 31.5 Å². The third kappa shape index (κ3) is 4.67. The van der Waals surface area contributed by atoms with E-state index in [0.717, 1.165) is 31.5 Å². The number of nitrogens with one attached hydrogen (secondary N) is 1. The molecule has 1 aliphatic rings. The average molecular weight is 342 g/mol. The van der Waals surface area contributed by atoms with Crippen molar-refractivity contribution >= 4 is 29.9 Å². The van der Waals surface area contributed by atoms with Crippen molar-refractivity contribution in [2.24, 2.45) is 5.73 Å². The van der Waals surface area contributed by atoms with Crippen molar-refractivity contribution in [3.05, 3.63) is 29.3 Å². The van der Waals surface area contributed by atoms with Crippen LogP contribution in [0.4, 0.5) is 5.69 Å². The van der Waals surface area contributed by atoms with Crippen LogP contribution in [0.1, 0.15) is 28.8 Å². The van der Waals surface area contributed by atoms with E-state index in [1.807, 2.05) is 11.8 Å². The van der Waals surface area contributed by atoms with Crippen molar-refractivity contribution in [2.45, 2.75) is 25.8 Å². The SMILES string of the molecule is COCC(N)C(=O)Nc1cccc(C(=O)N2CCCC2)c1C.Cl. The number of halogens is 1. The minimum absolute atomic E-state index is 0. The van der Waals surface area contributed by atoms with Gasteiger partial charge >= 0.3 is 0 Å². The van der Waals surface area contributed by atoms with Gasteiger partial charge in [-0.05, 0) is 37.5 Å². The molecule has 1 fully saturated rings. The summed E-state index contributed by atoms with van der Waals surface area (Å²) in [5.74, 6) is -0.303. The number of likely N-dealkylation sites (tertiary alicyclic amines) is 1. The van der Waals surface area contributed by atoms with E-state index in [2.05, 4.69) is 5.32 Å². The summed E-state index contributed by atoms with van der Waals surface area (Å²) in [6, 6.07) is 4.60. The Labute approximate surface area is 142 Å². The molecule has 7 heteroatoms. The molecule has 0 radical (unpaired) electrons. The van der Waals surface area contributed by atoms with Gasteiger partial charge in [0.15, 0.2) is 0 Å². The van der Waals surface area contributed by atoms with Crippen LogP contribution in [-0.4, -0.2) is 49.6 Å². The predicted octanol–water partition coefficient (Wildman–Crippen LogP) is 1.57. The van der Waals surface area contributed by atoms with Crippen LogP contribution in [0.5, 0.6) is 0 Å². The molecule has 1 aromatic rings. The molecule has 0 aliphatic carbocycles. The summed E-state index contributed by atoms with van der Waals surface area (Å²) in [6.07, 6.45) is 2.10. The zero-order valence-corrected chi connectivity index (χ0v) is 14.3. The van der Waals surface area contributed by atoms with E-state index in [9.17, 15) is 9.59 Å². The molecule has 1 atom stereocenters. The highest BCUT2D eigenvalue weighted by Crippen LogP contribution is 2.22. The van der Waals surface area contributed by atoms with Gasteiger partial charge in [-0.15, -0.1) is 12.4 Å². The molecule has 128 valence electrons. The minimum Gasteiger partial charge on any atom is -0.383 e. The van der Waals surface area contributed by atoms with Crippen LogP contribution in [0, 0.1) is 6.92 Å². The van der Waals surface area contributed by atoms with Gasteiger partial charge in [0.05, 0.1) is 6.61 Å². The van der Waals surface area contributed by atoms with Gasteiger partial charge in [-0.2, -0.15) is 0 Å². The van der Waals surface area contributed by atoms with E-state index >= 15 is 0 Å². The number of hydrogen-bond acceptors (Lipinski definition) is 4. The zero-order valence-electron chi connectivity index (χ0n) is 13.5. The van der Waals surface area contributed by atoms with Crippen LogP contribution in [0.3, 0.4) is 0 Å². The summed E-state index contributed by atoms with van der Waals surface area (Å²) >= 11 is 0. The number of benzene rings is 1. The van der Waals surface area contributed by atoms with Gasteiger partial charge in [0.1, 0.15) is 6.04 Å². The molecule has 2 rings (SSSR count). The van der Waals surface area contributed by atoms with Crippen molar-refractivity contribution in [3.8, 4) is 0 Å². The predicted molar refractivity (Wildman–Crippen MR) is 92.0 cm³/mol. The van der Waals surface area contributed by atoms with Gasteiger partial charge in [-0.25, -0.2) is 0 Å². The van der Waals surface area contributed by atoms with E-state index < -0.39 is 6.04 Å². The van der Waals surface area contributed by atoms with Crippen LogP contribution >= 0.6 is 12.4 Å². The molecule has 0 saturated carbocycles. The highest BCUT2D eigenvalue weighted by Gasteiger charge is 2.22. The molecule has 1 unspecified atom stereocenters. The molecular weight excluding hydrogens is 318 g/mol. The monoisotopic (exact) mass is 341 g/mol. The highest BCUT2D eigenvalue weighted by molar-refractivity contribution is 6.00. The number of ether oxygens (including phenoxy) is 1. The first-order chi connectivity index (χ1) is 10.5. The van der Waals surface area contributed by atoms with Gasteiger partial charge in [-0.3, -0.25) is 9.59 Å². The Morgan fingerprint density at radius 1 is 1.35 bits per heavy atom. The molecule has 6 nitrogen and oxygen atoms in total. The lowest BCUT2D eigenvalue weighted by Crippen LogP contribution is -2.39. The number of carbonyl (C=O) groups is 2. The molecule has 23 heavy (non-hydrogen) atoms. The number of methoxy groups -OCH3 is 1. The molecule has 0 spiro atoms. The Morgan fingerprint density at radius 3 is 2.61 bits per heavy atom. The van der Waals surface area contributed by atoms with E-state index in [0.29, 0.717) is 11.3 Å². The second-order valence-corrected chi connectivity index (χ2v) is 5.53. The van der Waals surface area contributed by atoms with Crippen LogP contribution in [0.25, 0.3) is 0 Å². The molecule has 1 aromatic carbocycles. The first-order valence-electron chi connectivity index (χ1n) is 7.49. The lowest BCUT2D eigenvalue weighted by molar-refractivity contribution is -0.118. The van der Waals surface area contributed by atoms with Gasteiger partial charge in [-0.1, -0.05) is 6.07 Å². The van der Waals surface area contributed by atoms with E-state index in [1.165, 1.54) is 7.11 Å². The second kappa shape index (κ2) is 8.86. The third-order valence-corrected chi connectivity index (χ3v) is 3.90. The largest absolute Gasteiger partial charge is 0.383 e. The molecule has 1 heterocycles. The second-order valence-electron chi connectivity index (χ2n) is 5.53. The summed E-state index contributed by atoms with van der Waals surface area (Å²) in [5.41, 5.74) is 7.71. The van der Waals surface area contributed by atoms with Crippen LogP contribution < -0.4 is 11.1 Å². The number of hydrogen-bond donors (Lipinski definition) is 2. The van der Waals surface area contributed by atoms with Crippen LogP contribution in [0.15, 0.2) is 18.2 Å². The molecule has 1 aliphatic heterocycles. The molecule has 2 amide bonds. The topological polar surface area (TPSA) is 84.7 Å². The standard InChI is InChI=1S/C16H23N3O3.ClH/c1-11-12(16(21)19-8-3-4-9-19)6-5-7-14(11)18-15(20)13(17)10-22-2;/h5-7,13H,3-4,8-10,17H2,1-2H3,(H,18,20);1H. The van der Waals surface area contributed by atoms with Gasteiger partial charge in [0.2, 0.25) is 5.91 Å². The number of nitrogens with zero attached hydrogens (tertiary/aromatic N) is 1.